The van der Waals surface area contributed by atoms with Gasteiger partial charge in [0.25, 0.3) is 0 Å². The number of aliphatic hydroxyl groups excluding tert-OH is 1. The second kappa shape index (κ2) is 7.02. The van der Waals surface area contributed by atoms with Crippen molar-refractivity contribution in [1.29, 1.82) is 0 Å². The summed E-state index contributed by atoms with van der Waals surface area (Å²) in [5.41, 5.74) is 5.70. The summed E-state index contributed by atoms with van der Waals surface area (Å²) in [6.45, 7) is 1.44. The van der Waals surface area contributed by atoms with Crippen LogP contribution in [0.3, 0.4) is 0 Å². The molecule has 1 aliphatic heterocycles. The van der Waals surface area contributed by atoms with Crippen LogP contribution in [0.25, 0.3) is 0 Å². The van der Waals surface area contributed by atoms with Gasteiger partial charge in [0.05, 0.1) is 11.6 Å². The molecule has 3 fully saturated rings. The summed E-state index contributed by atoms with van der Waals surface area (Å²) in [6.07, 6.45) is 4.29. The third kappa shape index (κ3) is 3.45. The van der Waals surface area contributed by atoms with Gasteiger partial charge in [-0.2, -0.15) is 0 Å². The summed E-state index contributed by atoms with van der Waals surface area (Å²) in [5, 5.41) is 11.2. The minimum atomic E-state index is -0.664. The number of aliphatic hydroxyl groups is 1. The number of rotatable bonds is 3. The number of nitrogens with zero attached hydrogens (tertiary/aromatic N) is 1. The lowest BCUT2D eigenvalue weighted by atomic mass is 9.78. The van der Waals surface area contributed by atoms with Gasteiger partial charge in [-0.15, -0.1) is 0 Å². The van der Waals surface area contributed by atoms with E-state index in [1.807, 2.05) is 17.0 Å². The van der Waals surface area contributed by atoms with Gasteiger partial charge in [-0.05, 0) is 55.7 Å². The van der Waals surface area contributed by atoms with E-state index in [1.165, 1.54) is 0 Å². The molecule has 0 unspecified atom stereocenters. The fraction of sp³-hybridized carbons (Fsp3) is 0.650. The van der Waals surface area contributed by atoms with E-state index in [9.17, 15) is 9.90 Å². The topological polar surface area (TPSA) is 75.8 Å². The molecule has 0 aromatic heterocycles. The summed E-state index contributed by atoms with van der Waals surface area (Å²) < 4.78 is 6.01. The zero-order valence-corrected chi connectivity index (χ0v) is 15.7. The van der Waals surface area contributed by atoms with E-state index < -0.39 is 11.6 Å². The molecule has 1 aromatic carbocycles. The Kier molecular flexibility index (Phi) is 4.88. The molecule has 0 radical (unpaired) electrons. The monoisotopic (exact) mass is 378 g/mol. The molecule has 2 saturated carbocycles. The Morgan fingerprint density at radius 2 is 1.92 bits per heavy atom. The molecule has 3 aliphatic rings. The molecule has 5 nitrogen and oxygen atoms in total. The van der Waals surface area contributed by atoms with Crippen LogP contribution >= 0.6 is 11.6 Å². The quantitative estimate of drug-likeness (QED) is 0.847. The van der Waals surface area contributed by atoms with Gasteiger partial charge in [0.1, 0.15) is 11.9 Å². The van der Waals surface area contributed by atoms with Gasteiger partial charge in [0, 0.05) is 18.1 Å². The van der Waals surface area contributed by atoms with Crippen LogP contribution in [0.2, 0.25) is 5.02 Å². The van der Waals surface area contributed by atoms with Crippen LogP contribution in [0.5, 0.6) is 5.75 Å². The third-order valence-electron chi connectivity index (χ3n) is 6.38. The molecular weight excluding hydrogens is 352 g/mol. The van der Waals surface area contributed by atoms with Crippen molar-refractivity contribution >= 4 is 17.5 Å². The molecule has 2 aliphatic carbocycles. The van der Waals surface area contributed by atoms with Crippen molar-refractivity contribution in [2.24, 2.45) is 17.6 Å². The maximum atomic E-state index is 12.9. The van der Waals surface area contributed by atoms with Crippen molar-refractivity contribution in [2.45, 2.75) is 56.3 Å². The lowest BCUT2D eigenvalue weighted by Crippen LogP contribution is -2.53. The molecule has 142 valence electrons. The van der Waals surface area contributed by atoms with Gasteiger partial charge in [0.2, 0.25) is 5.91 Å². The molecule has 1 saturated heterocycles. The average molecular weight is 379 g/mol. The van der Waals surface area contributed by atoms with Crippen molar-refractivity contribution in [3.8, 4) is 5.75 Å². The minimum absolute atomic E-state index is 0.103. The molecule has 0 bridgehead atoms. The highest BCUT2D eigenvalue weighted by Gasteiger charge is 2.47. The summed E-state index contributed by atoms with van der Waals surface area (Å²) in [5.74, 6) is 1.47. The number of amides is 1. The average Bonchev–Trinajstić information content (AvgIpc) is 3.21. The van der Waals surface area contributed by atoms with E-state index in [-0.39, 0.29) is 12.0 Å². The van der Waals surface area contributed by atoms with Gasteiger partial charge < -0.3 is 20.5 Å². The van der Waals surface area contributed by atoms with Crippen molar-refractivity contribution in [2.75, 3.05) is 13.1 Å². The van der Waals surface area contributed by atoms with Gasteiger partial charge in [-0.3, -0.25) is 4.79 Å². The van der Waals surface area contributed by atoms with Crippen LogP contribution in [-0.2, 0) is 4.79 Å². The van der Waals surface area contributed by atoms with E-state index in [2.05, 4.69) is 0 Å². The van der Waals surface area contributed by atoms with Crippen molar-refractivity contribution in [3.63, 3.8) is 0 Å². The number of halogens is 1. The van der Waals surface area contributed by atoms with Crippen LogP contribution in [0.15, 0.2) is 24.3 Å². The lowest BCUT2D eigenvalue weighted by molar-refractivity contribution is -0.136. The highest BCUT2D eigenvalue weighted by atomic mass is 35.5. The van der Waals surface area contributed by atoms with Crippen molar-refractivity contribution in [1.82, 2.24) is 4.90 Å². The Morgan fingerprint density at radius 1 is 1.23 bits per heavy atom. The molecule has 4 rings (SSSR count). The van der Waals surface area contributed by atoms with E-state index >= 15 is 0 Å². The van der Waals surface area contributed by atoms with Gasteiger partial charge in [-0.1, -0.05) is 30.5 Å². The zero-order valence-electron chi connectivity index (χ0n) is 14.9. The molecule has 1 aromatic rings. The highest BCUT2D eigenvalue weighted by molar-refractivity contribution is 6.30. The Hall–Kier alpha value is -1.30. The first-order valence-corrected chi connectivity index (χ1v) is 10.0. The predicted molar refractivity (Wildman–Crippen MR) is 100 cm³/mol. The molecule has 26 heavy (non-hydrogen) atoms. The van der Waals surface area contributed by atoms with Crippen LogP contribution in [0, 0.1) is 11.8 Å². The summed E-state index contributed by atoms with van der Waals surface area (Å²) >= 11 is 6.02. The van der Waals surface area contributed by atoms with Crippen LogP contribution in [0.1, 0.15) is 38.5 Å². The standard InChI is InChI=1S/C20H27ClN2O3/c21-15-4-3-5-16(10-15)26-18-9-14-12-23(11-13(14)8-17(18)24)19(25)20(22)6-1-2-7-20/h3-5,10,13-14,17-18,24H,1-2,6-9,11-12,22H2/t13-,14+,17+,18+/m0/s1. The number of ether oxygens (including phenoxy) is 1. The number of carbonyl (C=O) groups excluding carboxylic acids is 1. The summed E-state index contributed by atoms with van der Waals surface area (Å²) in [4.78, 5) is 14.8. The number of carbonyl (C=O) groups is 1. The smallest absolute Gasteiger partial charge is 0.242 e. The second-order valence-corrected chi connectivity index (χ2v) is 8.68. The number of hydrogen-bond donors (Lipinski definition) is 2. The summed E-state index contributed by atoms with van der Waals surface area (Å²) in [7, 11) is 0. The van der Waals surface area contributed by atoms with E-state index in [1.54, 1.807) is 12.1 Å². The first-order chi connectivity index (χ1) is 12.4. The van der Waals surface area contributed by atoms with Crippen LogP contribution < -0.4 is 10.5 Å². The summed E-state index contributed by atoms with van der Waals surface area (Å²) in [6, 6.07) is 7.26. The third-order valence-corrected chi connectivity index (χ3v) is 6.61. The van der Waals surface area contributed by atoms with Crippen LogP contribution in [0.4, 0.5) is 0 Å². The number of benzene rings is 1. The van der Waals surface area contributed by atoms with Crippen LogP contribution in [-0.4, -0.2) is 46.7 Å². The largest absolute Gasteiger partial charge is 0.488 e. The number of likely N-dealkylation sites (tertiary alicyclic amines) is 1. The first kappa shape index (κ1) is 18.1. The van der Waals surface area contributed by atoms with Gasteiger partial charge in [-0.25, -0.2) is 0 Å². The highest BCUT2D eigenvalue weighted by Crippen LogP contribution is 2.40. The predicted octanol–water partition coefficient (Wildman–Crippen LogP) is 2.59. The minimum Gasteiger partial charge on any atom is -0.488 e. The number of fused-ring (bicyclic) bond motifs is 1. The van der Waals surface area contributed by atoms with Crippen molar-refractivity contribution < 1.29 is 14.6 Å². The number of hydrogen-bond acceptors (Lipinski definition) is 4. The molecular formula is C20H27ClN2O3. The normalized spacial score (nSPS) is 33.1. The van der Waals surface area contributed by atoms with Gasteiger partial charge >= 0.3 is 0 Å². The Balaban J connectivity index is 1.41. The van der Waals surface area contributed by atoms with Crippen molar-refractivity contribution in [3.05, 3.63) is 29.3 Å². The molecule has 3 N–H and O–H groups in total. The zero-order chi connectivity index (χ0) is 18.3. The Bertz CT molecular complexity index is 677. The van der Waals surface area contributed by atoms with E-state index in [4.69, 9.17) is 22.1 Å². The Labute approximate surface area is 159 Å². The maximum absolute atomic E-state index is 12.9. The second-order valence-electron chi connectivity index (χ2n) is 8.25. The molecule has 1 amide bonds. The Morgan fingerprint density at radius 3 is 2.62 bits per heavy atom. The first-order valence-electron chi connectivity index (χ1n) is 9.63. The fourth-order valence-corrected chi connectivity index (χ4v) is 5.11. The van der Waals surface area contributed by atoms with E-state index in [0.29, 0.717) is 35.6 Å². The maximum Gasteiger partial charge on any atom is 0.242 e. The van der Waals surface area contributed by atoms with Gasteiger partial charge in [0.15, 0.2) is 0 Å². The fourth-order valence-electron chi connectivity index (χ4n) is 4.93. The molecule has 1 heterocycles. The molecule has 6 heteroatoms. The lowest BCUT2D eigenvalue weighted by Gasteiger charge is -2.35. The SMILES string of the molecule is NC1(C(=O)N2C[C@H]3C[C@@H](Oc4cccc(Cl)c4)[C@H](O)C[C@H]3C2)CCCC1. The van der Waals surface area contributed by atoms with E-state index in [0.717, 1.165) is 38.6 Å². The molecule has 0 spiro atoms. The molecule has 4 atom stereocenters. The number of nitrogens with two attached hydrogens (primary N) is 1.